The molecule has 0 aliphatic rings. The van der Waals surface area contributed by atoms with Crippen LogP contribution in [0.4, 0.5) is 0 Å². The second-order valence-electron chi connectivity index (χ2n) is 0.408. The summed E-state index contributed by atoms with van der Waals surface area (Å²) in [6.07, 6.45) is 0. The Hall–Kier alpha value is 2.31. The first-order valence-electron chi connectivity index (χ1n) is 0.667. The molecule has 0 unspecified atom stereocenters. The molecule has 0 radical (unpaired) electrons. The molecule has 48 valence electrons. The Labute approximate surface area is 112 Å². The van der Waals surface area contributed by atoms with Crippen molar-refractivity contribution in [3.05, 3.63) is 0 Å². The van der Waals surface area contributed by atoms with E-state index in [-0.39, 0.29) is 86.4 Å². The Kier molecular flexibility index (Phi) is 43.4. The van der Waals surface area contributed by atoms with Crippen LogP contribution >= 0.6 is 0 Å². The van der Waals surface area contributed by atoms with Gasteiger partial charge in [0.2, 0.25) is 0 Å². The van der Waals surface area contributed by atoms with Crippen molar-refractivity contribution >= 4 is 85.9 Å². The minimum absolute atomic E-state index is 0. The molecule has 0 aromatic carbocycles. The summed E-state index contributed by atoms with van der Waals surface area (Å²) in [4.78, 5) is 0. The minimum atomic E-state index is -5.17. The van der Waals surface area contributed by atoms with Crippen LogP contribution in [0.5, 0.6) is 0 Å². The van der Waals surface area contributed by atoms with Crippen molar-refractivity contribution in [2.45, 2.75) is 0 Å². The Morgan fingerprint density at radius 2 is 1.00 bits per heavy atom. The topological polar surface area (TPSA) is 142 Å². The van der Waals surface area contributed by atoms with Gasteiger partial charge >= 0.3 is 75.5 Å². The van der Waals surface area contributed by atoms with Crippen molar-refractivity contribution in [2.24, 2.45) is 0 Å². The van der Waals surface area contributed by atoms with E-state index in [4.69, 9.17) is 17.5 Å². The van der Waals surface area contributed by atoms with E-state index in [1.807, 2.05) is 0 Å². The molecule has 3 N–H and O–H groups in total. The molecule has 0 aromatic heterocycles. The maximum atomic E-state index is 8.52. The molecule has 0 amide bonds. The minimum Gasteiger partial charge on any atom is -0.870 e. The van der Waals surface area contributed by atoms with Crippen LogP contribution < -0.4 is 0 Å². The van der Waals surface area contributed by atoms with E-state index in [1.54, 1.807) is 0 Å². The van der Waals surface area contributed by atoms with E-state index in [0.29, 0.717) is 0 Å². The molecule has 0 aliphatic heterocycles. The maximum Gasteiger partial charge on any atom is 2.00 e. The van der Waals surface area contributed by atoms with Gasteiger partial charge in [-0.05, 0) is 0 Å². The Morgan fingerprint density at radius 1 is 1.00 bits per heavy atom. The standard InChI is InChI=1S/2Ca.H2O4S.2H2O/c;;1-5(2,3)4;;/h;;(H2,1,2,3,4);2*1H2/q2*+2;;;/p-3. The van der Waals surface area contributed by atoms with Gasteiger partial charge in [0.05, 0.1) is 0 Å². The summed E-state index contributed by atoms with van der Waals surface area (Å²) in [7, 11) is -5.17. The molecule has 0 saturated heterocycles. The van der Waals surface area contributed by atoms with E-state index in [1.165, 1.54) is 0 Å². The van der Waals surface area contributed by atoms with E-state index >= 15 is 0 Å². The molecule has 0 spiro atoms. The zero-order chi connectivity index (χ0) is 4.50. The van der Waals surface area contributed by atoms with Crippen LogP contribution in [0.25, 0.3) is 0 Å². The number of rotatable bonds is 0. The Bertz CT molecular complexity index is 94.2. The van der Waals surface area contributed by atoms with Crippen LogP contribution in [0.2, 0.25) is 0 Å². The van der Waals surface area contributed by atoms with Crippen molar-refractivity contribution in [3.8, 4) is 0 Å². The largest absolute Gasteiger partial charge is 2.00 e. The summed E-state index contributed by atoms with van der Waals surface area (Å²) in [6, 6.07) is 0. The maximum absolute atomic E-state index is 8.52. The molecule has 0 aromatic rings. The third-order valence-electron chi connectivity index (χ3n) is 0. The Balaban J connectivity index is -0.0000000133. The van der Waals surface area contributed by atoms with Crippen molar-refractivity contribution in [1.82, 2.24) is 0 Å². The van der Waals surface area contributed by atoms with Gasteiger partial charge in [0.25, 0.3) is 0 Å². The van der Waals surface area contributed by atoms with Gasteiger partial charge in [-0.2, -0.15) is 0 Å². The number of hydrogen-bond acceptors (Lipinski definition) is 5. The molecule has 0 aliphatic carbocycles. The van der Waals surface area contributed by atoms with Crippen molar-refractivity contribution in [1.29, 1.82) is 0 Å². The molecule has 9 heavy (non-hydrogen) atoms. The van der Waals surface area contributed by atoms with Gasteiger partial charge in [-0.15, -0.1) is 0 Å². The van der Waals surface area contributed by atoms with Crippen LogP contribution in [0, 0.1) is 0 Å². The fourth-order valence-electron chi connectivity index (χ4n) is 0. The molecule has 0 heterocycles. The fourth-order valence-corrected chi connectivity index (χ4v) is 0. The first-order chi connectivity index (χ1) is 2.00. The summed E-state index contributed by atoms with van der Waals surface area (Å²) in [6.45, 7) is 0. The molecule has 0 rings (SSSR count). The third kappa shape index (κ3) is 133. The third-order valence-corrected chi connectivity index (χ3v) is 0. The van der Waals surface area contributed by atoms with Gasteiger partial charge in [-0.3, -0.25) is 8.42 Å². The molecule has 0 atom stereocenters. The predicted molar refractivity (Wildman–Crippen MR) is 27.5 cm³/mol. The van der Waals surface area contributed by atoms with Crippen LogP contribution in [-0.4, -0.2) is 104 Å². The van der Waals surface area contributed by atoms with E-state index in [9.17, 15) is 0 Å². The van der Waals surface area contributed by atoms with Gasteiger partial charge in [-0.1, -0.05) is 0 Å². The summed E-state index contributed by atoms with van der Waals surface area (Å²) in [5.41, 5.74) is 0. The zero-order valence-corrected chi connectivity index (χ0v) is 9.64. The smallest absolute Gasteiger partial charge is 0.870 e. The monoisotopic (exact) mass is 211 g/mol. The van der Waals surface area contributed by atoms with Crippen molar-refractivity contribution in [2.75, 3.05) is 0 Å². The van der Waals surface area contributed by atoms with Gasteiger partial charge in [0.1, 0.15) is 0 Å². The second-order valence-corrected chi connectivity index (χ2v) is 1.22. The summed E-state index contributed by atoms with van der Waals surface area (Å²) in [5.74, 6) is 0. The van der Waals surface area contributed by atoms with Gasteiger partial charge in [0.15, 0.2) is 0 Å². The van der Waals surface area contributed by atoms with Crippen LogP contribution in [0.1, 0.15) is 0 Å². The summed E-state index contributed by atoms with van der Waals surface area (Å²) < 4.78 is 34.1. The molecule has 9 heteroatoms. The summed E-state index contributed by atoms with van der Waals surface area (Å²) in [5, 5.41) is 0. The first-order valence-corrected chi connectivity index (χ1v) is 2.00. The molecule has 0 fully saturated rings. The number of hydrogen-bond donors (Lipinski definition) is 0. The van der Waals surface area contributed by atoms with Gasteiger partial charge < -0.3 is 20.1 Å². The average Bonchev–Trinajstić information content (AvgIpc) is 0.722. The summed E-state index contributed by atoms with van der Waals surface area (Å²) >= 11 is 0. The van der Waals surface area contributed by atoms with Gasteiger partial charge in [0, 0.05) is 10.4 Å². The molecular formula is H3Ca2O6S+. The SMILES string of the molecule is O.O=S(=O)([O-])[O-].[Ca+2].[Ca+2].[OH-]. The predicted octanol–water partition coefficient (Wildman–Crippen LogP) is -3.10. The fraction of sp³-hybridized carbons (Fsp3) is 0. The normalized spacial score (nSPS) is 6.44. The van der Waals surface area contributed by atoms with Crippen LogP contribution in [0.15, 0.2) is 0 Å². The average molecular weight is 211 g/mol. The van der Waals surface area contributed by atoms with E-state index in [2.05, 4.69) is 0 Å². The van der Waals surface area contributed by atoms with Crippen molar-refractivity contribution in [3.63, 3.8) is 0 Å². The molecule has 0 bridgehead atoms. The quantitative estimate of drug-likeness (QED) is 0.237. The molecule has 6 nitrogen and oxygen atoms in total. The van der Waals surface area contributed by atoms with Crippen LogP contribution in [0.3, 0.4) is 0 Å². The molecule has 0 saturated carbocycles. The van der Waals surface area contributed by atoms with E-state index in [0.717, 1.165) is 0 Å². The van der Waals surface area contributed by atoms with E-state index < -0.39 is 10.4 Å². The Morgan fingerprint density at radius 3 is 1.00 bits per heavy atom. The second kappa shape index (κ2) is 12.9. The van der Waals surface area contributed by atoms with Gasteiger partial charge in [-0.25, -0.2) is 0 Å². The first kappa shape index (κ1) is 30.2. The van der Waals surface area contributed by atoms with Crippen LogP contribution in [-0.2, 0) is 10.4 Å². The molecular weight excluding hydrogens is 208 g/mol. The zero-order valence-electron chi connectivity index (χ0n) is 4.40. The van der Waals surface area contributed by atoms with Crippen molar-refractivity contribution < 1.29 is 28.5 Å².